The fourth-order valence-electron chi connectivity index (χ4n) is 10.0. The zero-order valence-corrected chi connectivity index (χ0v) is 21.5. The van der Waals surface area contributed by atoms with Crippen LogP contribution in [0.25, 0.3) is 54.2 Å². The third-order valence-corrected chi connectivity index (χ3v) is 11.8. The van der Waals surface area contributed by atoms with Gasteiger partial charge in [-0.3, -0.25) is 4.79 Å². The molecule has 5 aliphatic carbocycles. The van der Waals surface area contributed by atoms with Gasteiger partial charge in [-0.25, -0.2) is 0 Å². The minimum atomic E-state index is -0.901. The summed E-state index contributed by atoms with van der Waals surface area (Å²) in [6.07, 6.45) is 7.07. The predicted molar refractivity (Wildman–Crippen MR) is 156 cm³/mol. The zero-order chi connectivity index (χ0) is 25.6. The molecule has 2 saturated carbocycles. The van der Waals surface area contributed by atoms with E-state index in [9.17, 15) is 9.90 Å². The lowest BCUT2D eigenvalue weighted by molar-refractivity contribution is -0.0157. The maximum atomic E-state index is 13.6. The van der Waals surface area contributed by atoms with Crippen LogP contribution in [0, 0.1) is 17.3 Å². The number of hydrogen-bond donors (Lipinski definition) is 1. The van der Waals surface area contributed by atoms with Crippen LogP contribution in [0.2, 0.25) is 0 Å². The van der Waals surface area contributed by atoms with E-state index in [2.05, 4.69) is 67.6 Å². The van der Waals surface area contributed by atoms with Gasteiger partial charge in [0.2, 0.25) is 0 Å². The van der Waals surface area contributed by atoms with Gasteiger partial charge in [0.15, 0.2) is 5.78 Å². The number of benzene rings is 6. The molecule has 0 saturated heterocycles. The highest BCUT2D eigenvalue weighted by Gasteiger charge is 2.83. The van der Waals surface area contributed by atoms with Crippen molar-refractivity contribution in [3.63, 3.8) is 0 Å². The van der Waals surface area contributed by atoms with Crippen molar-refractivity contribution in [2.24, 2.45) is 17.3 Å². The zero-order valence-electron chi connectivity index (χ0n) is 21.5. The Morgan fingerprint density at radius 1 is 0.692 bits per heavy atom. The molecule has 0 spiro atoms. The molecule has 0 radical (unpaired) electrons. The first-order valence-electron chi connectivity index (χ1n) is 14.2. The molecule has 0 amide bonds. The standard InChI is InChI=1S/C37H24O2/c1-35(39)27-12-10-23-21-7-6-20-19-4-2-3-5-25(19)34(38)26-9-8-22(30(21)32(20)26)24-11-13-28(33(27)31(23)24)37-17-36(35,37)15-14-18-16-29(18)37/h2-15,18,29,39H,16-17H2,1H3. The molecule has 184 valence electrons. The number of carbonyl (C=O) groups excluding carboxylic acids is 1. The van der Waals surface area contributed by atoms with Crippen LogP contribution in [0.3, 0.4) is 0 Å². The van der Waals surface area contributed by atoms with Gasteiger partial charge < -0.3 is 5.11 Å². The van der Waals surface area contributed by atoms with Crippen molar-refractivity contribution in [1.29, 1.82) is 0 Å². The number of carbonyl (C=O) groups is 1. The van der Waals surface area contributed by atoms with E-state index < -0.39 is 5.60 Å². The quantitative estimate of drug-likeness (QED) is 0.130. The maximum absolute atomic E-state index is 13.6. The Bertz CT molecular complexity index is 2230. The average molecular weight is 501 g/mol. The Morgan fingerprint density at radius 2 is 1.33 bits per heavy atom. The van der Waals surface area contributed by atoms with E-state index >= 15 is 0 Å². The molecule has 6 aromatic carbocycles. The molecule has 5 unspecified atom stereocenters. The highest BCUT2D eigenvalue weighted by atomic mass is 16.3. The smallest absolute Gasteiger partial charge is 0.194 e. The molecule has 11 rings (SSSR count). The molecule has 2 nitrogen and oxygen atoms in total. The molecule has 1 N–H and O–H groups in total. The topological polar surface area (TPSA) is 37.3 Å². The van der Waals surface area contributed by atoms with Crippen LogP contribution in [0.1, 0.15) is 46.8 Å². The van der Waals surface area contributed by atoms with Crippen molar-refractivity contribution in [3.05, 3.63) is 107 Å². The molecule has 39 heavy (non-hydrogen) atoms. The molecule has 2 fully saturated rings. The third-order valence-electron chi connectivity index (χ3n) is 11.8. The van der Waals surface area contributed by atoms with E-state index in [1.807, 2.05) is 24.3 Å². The van der Waals surface area contributed by atoms with E-state index in [4.69, 9.17) is 0 Å². The van der Waals surface area contributed by atoms with Gasteiger partial charge in [0.25, 0.3) is 0 Å². The van der Waals surface area contributed by atoms with E-state index in [0.717, 1.165) is 39.6 Å². The van der Waals surface area contributed by atoms with Gasteiger partial charge in [-0.1, -0.05) is 78.9 Å². The van der Waals surface area contributed by atoms with Crippen LogP contribution < -0.4 is 0 Å². The minimum Gasteiger partial charge on any atom is -0.384 e. The van der Waals surface area contributed by atoms with Crippen LogP contribution in [0.4, 0.5) is 0 Å². The number of hydrogen-bond acceptors (Lipinski definition) is 2. The first-order valence-corrected chi connectivity index (χ1v) is 14.2. The third kappa shape index (κ3) is 1.80. The highest BCUT2D eigenvalue weighted by molar-refractivity contribution is 6.39. The molecule has 6 aromatic rings. The maximum Gasteiger partial charge on any atom is 0.194 e. The summed E-state index contributed by atoms with van der Waals surface area (Å²) in [6, 6.07) is 25.9. The van der Waals surface area contributed by atoms with Gasteiger partial charge in [-0.15, -0.1) is 0 Å². The van der Waals surface area contributed by atoms with Crippen LogP contribution in [0.15, 0.2) is 84.9 Å². The molecular formula is C37H24O2. The summed E-state index contributed by atoms with van der Waals surface area (Å²) in [5.41, 5.74) is 5.27. The van der Waals surface area contributed by atoms with Crippen molar-refractivity contribution in [3.8, 4) is 11.1 Å². The van der Waals surface area contributed by atoms with Crippen molar-refractivity contribution in [2.45, 2.75) is 30.8 Å². The Kier molecular flexibility index (Phi) is 2.89. The van der Waals surface area contributed by atoms with Gasteiger partial charge in [0.05, 0.1) is 5.60 Å². The summed E-state index contributed by atoms with van der Waals surface area (Å²) in [7, 11) is 0. The monoisotopic (exact) mass is 500 g/mol. The second-order valence-corrected chi connectivity index (χ2v) is 13.1. The normalized spacial score (nSPS) is 32.4. The Hall–Kier alpha value is -4.01. The summed E-state index contributed by atoms with van der Waals surface area (Å²) in [5, 5.41) is 22.0. The number of allylic oxidation sites excluding steroid dienone is 1. The van der Waals surface area contributed by atoms with Crippen molar-refractivity contribution < 1.29 is 9.90 Å². The lowest BCUT2D eigenvalue weighted by atomic mass is 9.62. The van der Waals surface area contributed by atoms with Gasteiger partial charge in [-0.2, -0.15) is 0 Å². The number of fused-ring (bicyclic) bond motifs is 5. The van der Waals surface area contributed by atoms with Gasteiger partial charge >= 0.3 is 0 Å². The second kappa shape index (κ2) is 5.64. The lowest BCUT2D eigenvalue weighted by Crippen LogP contribution is -2.43. The molecule has 0 bridgehead atoms. The van der Waals surface area contributed by atoms with E-state index in [1.54, 1.807) is 0 Å². The highest BCUT2D eigenvalue weighted by Crippen LogP contribution is 2.85. The van der Waals surface area contributed by atoms with Crippen molar-refractivity contribution >= 4 is 48.9 Å². The fraction of sp³-hybridized carbons (Fsp3) is 0.216. The fourth-order valence-corrected chi connectivity index (χ4v) is 10.0. The Balaban J connectivity index is 1.34. The van der Waals surface area contributed by atoms with Gasteiger partial charge in [0, 0.05) is 27.3 Å². The summed E-state index contributed by atoms with van der Waals surface area (Å²) < 4.78 is 0. The molecule has 0 aliphatic heterocycles. The molecule has 0 heterocycles. The van der Waals surface area contributed by atoms with Crippen LogP contribution in [-0.4, -0.2) is 10.9 Å². The minimum absolute atomic E-state index is 0.0559. The summed E-state index contributed by atoms with van der Waals surface area (Å²) in [6.45, 7) is 2.07. The first kappa shape index (κ1) is 20.0. The summed E-state index contributed by atoms with van der Waals surface area (Å²) >= 11 is 0. The molecular weight excluding hydrogens is 476 g/mol. The van der Waals surface area contributed by atoms with E-state index in [1.165, 1.54) is 49.7 Å². The first-order chi connectivity index (χ1) is 19.0. The van der Waals surface area contributed by atoms with Crippen LogP contribution in [-0.2, 0) is 11.0 Å². The summed E-state index contributed by atoms with van der Waals surface area (Å²) in [5.74, 6) is 1.43. The number of ketones is 1. The van der Waals surface area contributed by atoms with Crippen LogP contribution >= 0.6 is 0 Å². The van der Waals surface area contributed by atoms with Crippen LogP contribution in [0.5, 0.6) is 0 Å². The number of rotatable bonds is 0. The van der Waals surface area contributed by atoms with Crippen molar-refractivity contribution in [1.82, 2.24) is 0 Å². The molecule has 5 atom stereocenters. The van der Waals surface area contributed by atoms with E-state index in [-0.39, 0.29) is 16.6 Å². The average Bonchev–Trinajstić information content (AvgIpc) is 3.87. The molecule has 5 aliphatic rings. The Labute approximate surface area is 224 Å². The molecule has 0 aromatic heterocycles. The largest absolute Gasteiger partial charge is 0.384 e. The molecule has 2 heteroatoms. The van der Waals surface area contributed by atoms with Gasteiger partial charge in [0.1, 0.15) is 0 Å². The van der Waals surface area contributed by atoms with Crippen molar-refractivity contribution in [2.75, 3.05) is 0 Å². The summed E-state index contributed by atoms with van der Waals surface area (Å²) in [4.78, 5) is 13.6. The SMILES string of the molecule is CC1(O)c2ccc3c4ccc5c6c(ccc(c7ccc(c2c37)C23CC12C=CC1CC13)c64)C(=O)c1ccccc1-5. The Morgan fingerprint density at radius 3 is 2.10 bits per heavy atom. The van der Waals surface area contributed by atoms with Gasteiger partial charge in [-0.05, 0) is 97.6 Å². The second-order valence-electron chi connectivity index (χ2n) is 13.1. The van der Waals surface area contributed by atoms with E-state index in [0.29, 0.717) is 11.8 Å². The lowest BCUT2D eigenvalue weighted by Gasteiger charge is -2.44. The predicted octanol–water partition coefficient (Wildman–Crippen LogP) is 8.00. The number of aliphatic hydroxyl groups is 1.